The van der Waals surface area contributed by atoms with Gasteiger partial charge in [0.1, 0.15) is 5.82 Å². The lowest BCUT2D eigenvalue weighted by Gasteiger charge is -2.30. The summed E-state index contributed by atoms with van der Waals surface area (Å²) in [6, 6.07) is 12.5. The smallest absolute Gasteiger partial charge is 0.225 e. The number of ether oxygens (including phenoxy) is 1. The van der Waals surface area contributed by atoms with Crippen molar-refractivity contribution in [3.8, 4) is 0 Å². The second-order valence-corrected chi connectivity index (χ2v) is 9.73. The predicted molar refractivity (Wildman–Crippen MR) is 110 cm³/mol. The molecule has 1 N–H and O–H groups in total. The molecule has 148 valence electrons. The van der Waals surface area contributed by atoms with Gasteiger partial charge in [0.25, 0.3) is 0 Å². The summed E-state index contributed by atoms with van der Waals surface area (Å²) in [5, 5.41) is 4.35. The Morgan fingerprint density at radius 2 is 2.11 bits per heavy atom. The Kier molecular flexibility index (Phi) is 3.96. The van der Waals surface area contributed by atoms with E-state index in [0.717, 1.165) is 37.3 Å². The number of nitrogens with one attached hydrogen (secondary N) is 1. The van der Waals surface area contributed by atoms with Gasteiger partial charge in [0, 0.05) is 42.3 Å². The maximum Gasteiger partial charge on any atom is 0.225 e. The fourth-order valence-electron chi connectivity index (χ4n) is 5.35. The van der Waals surface area contributed by atoms with Crippen LogP contribution in [0.2, 0.25) is 0 Å². The first-order valence-electron chi connectivity index (χ1n) is 10.4. The maximum absolute atomic E-state index is 12.4. The zero-order valence-corrected chi connectivity index (χ0v) is 16.9. The van der Waals surface area contributed by atoms with Gasteiger partial charge in [-0.1, -0.05) is 39.0 Å². The molecule has 1 amide bonds. The summed E-state index contributed by atoms with van der Waals surface area (Å²) in [4.78, 5) is 19.6. The number of carbonyl (C=O) groups excluding carboxylic acids is 1. The molecule has 0 unspecified atom stereocenters. The van der Waals surface area contributed by atoms with Crippen LogP contribution in [0.1, 0.15) is 33.6 Å². The summed E-state index contributed by atoms with van der Waals surface area (Å²) in [5.41, 5.74) is 0.621. The van der Waals surface area contributed by atoms with Gasteiger partial charge in [-0.15, -0.1) is 0 Å². The van der Waals surface area contributed by atoms with Gasteiger partial charge in [-0.05, 0) is 31.0 Å². The zero-order chi connectivity index (χ0) is 19.5. The Labute approximate surface area is 166 Å². The molecule has 1 aromatic carbocycles. The predicted octanol–water partition coefficient (Wildman–Crippen LogP) is 3.38. The molecule has 4 heterocycles. The van der Waals surface area contributed by atoms with E-state index in [1.807, 2.05) is 32.9 Å². The van der Waals surface area contributed by atoms with Crippen LogP contribution in [-0.2, 0) is 9.53 Å². The molecule has 5 nitrogen and oxygen atoms in total. The first-order valence-corrected chi connectivity index (χ1v) is 10.4. The summed E-state index contributed by atoms with van der Waals surface area (Å²) in [6.45, 7) is 8.46. The molecule has 5 heteroatoms. The number of benzene rings is 1. The van der Waals surface area contributed by atoms with Crippen LogP contribution in [0.4, 0.5) is 5.82 Å². The van der Waals surface area contributed by atoms with E-state index in [0.29, 0.717) is 18.4 Å². The lowest BCUT2D eigenvalue weighted by atomic mass is 9.73. The molecular weight excluding hydrogens is 350 g/mol. The molecule has 0 aliphatic carbocycles. The van der Waals surface area contributed by atoms with Crippen LogP contribution >= 0.6 is 0 Å². The third-order valence-electron chi connectivity index (χ3n) is 6.87. The SMILES string of the molecule is CC(C)(C)C(=O)NC[C@H]1[C@H]2CN(c3ccc4ccccc4n3)C[C@]23CC[C@H]1O3. The average Bonchev–Trinajstić information content (AvgIpc) is 3.33. The monoisotopic (exact) mass is 379 g/mol. The average molecular weight is 380 g/mol. The first kappa shape index (κ1) is 17.9. The molecule has 4 atom stereocenters. The number of para-hydroxylation sites is 1. The van der Waals surface area contributed by atoms with Crippen LogP contribution < -0.4 is 10.2 Å². The van der Waals surface area contributed by atoms with Crippen LogP contribution in [-0.4, -0.2) is 42.2 Å². The largest absolute Gasteiger partial charge is 0.369 e. The van der Waals surface area contributed by atoms with Crippen LogP contribution in [0.15, 0.2) is 36.4 Å². The molecule has 0 saturated carbocycles. The van der Waals surface area contributed by atoms with E-state index >= 15 is 0 Å². The molecule has 28 heavy (non-hydrogen) atoms. The Morgan fingerprint density at radius 1 is 1.29 bits per heavy atom. The lowest BCUT2D eigenvalue weighted by molar-refractivity contribution is -0.128. The van der Waals surface area contributed by atoms with Gasteiger partial charge in [-0.2, -0.15) is 0 Å². The van der Waals surface area contributed by atoms with Gasteiger partial charge in [0.05, 0.1) is 17.2 Å². The maximum atomic E-state index is 12.4. The summed E-state index contributed by atoms with van der Waals surface area (Å²) < 4.78 is 6.53. The van der Waals surface area contributed by atoms with Crippen molar-refractivity contribution in [3.63, 3.8) is 0 Å². The summed E-state index contributed by atoms with van der Waals surface area (Å²) in [5.74, 6) is 2.01. The van der Waals surface area contributed by atoms with Crippen LogP contribution in [0.3, 0.4) is 0 Å². The van der Waals surface area contributed by atoms with Crippen molar-refractivity contribution in [1.29, 1.82) is 0 Å². The standard InChI is InChI=1S/C23H29N3O2/c1-22(2,3)21(27)24-12-16-17-13-26(14-23(17)11-10-19(16)28-23)20-9-8-15-6-4-5-7-18(15)25-20/h4-9,16-17,19H,10-14H2,1-3H3,(H,24,27)/t16-,17+,19+,23+/m0/s1. The Bertz CT molecular complexity index is 921. The number of hydrogen-bond acceptors (Lipinski definition) is 4. The molecule has 1 aromatic heterocycles. The molecule has 3 fully saturated rings. The highest BCUT2D eigenvalue weighted by Gasteiger charge is 2.63. The molecule has 3 aliphatic rings. The van der Waals surface area contributed by atoms with Gasteiger partial charge < -0.3 is 15.0 Å². The molecule has 1 spiro atoms. The number of hydrogen-bond donors (Lipinski definition) is 1. The molecular formula is C23H29N3O2. The number of carbonyl (C=O) groups is 1. The first-order chi connectivity index (χ1) is 13.4. The third kappa shape index (κ3) is 2.79. The van der Waals surface area contributed by atoms with Gasteiger partial charge in [0.2, 0.25) is 5.91 Å². The number of amides is 1. The van der Waals surface area contributed by atoms with E-state index in [2.05, 4.69) is 34.5 Å². The van der Waals surface area contributed by atoms with E-state index in [4.69, 9.17) is 9.72 Å². The highest BCUT2D eigenvalue weighted by Crippen LogP contribution is 2.55. The van der Waals surface area contributed by atoms with E-state index in [9.17, 15) is 4.79 Å². The van der Waals surface area contributed by atoms with E-state index in [1.165, 1.54) is 5.39 Å². The van der Waals surface area contributed by atoms with Crippen molar-refractivity contribution in [1.82, 2.24) is 10.3 Å². The highest BCUT2D eigenvalue weighted by atomic mass is 16.5. The van der Waals surface area contributed by atoms with Gasteiger partial charge in [-0.3, -0.25) is 4.79 Å². The number of fused-ring (bicyclic) bond motifs is 2. The molecule has 0 radical (unpaired) electrons. The number of nitrogens with zero attached hydrogens (tertiary/aromatic N) is 2. The van der Waals surface area contributed by atoms with Crippen molar-refractivity contribution in [2.75, 3.05) is 24.5 Å². The van der Waals surface area contributed by atoms with E-state index < -0.39 is 0 Å². The Morgan fingerprint density at radius 3 is 2.93 bits per heavy atom. The minimum absolute atomic E-state index is 0.0604. The van der Waals surface area contributed by atoms with Crippen molar-refractivity contribution < 1.29 is 9.53 Å². The molecule has 5 rings (SSSR count). The van der Waals surface area contributed by atoms with E-state index in [-0.39, 0.29) is 23.0 Å². The van der Waals surface area contributed by atoms with Crippen LogP contribution in [0.5, 0.6) is 0 Å². The van der Waals surface area contributed by atoms with Gasteiger partial charge >= 0.3 is 0 Å². The normalized spacial score (nSPS) is 31.4. The van der Waals surface area contributed by atoms with Crippen molar-refractivity contribution in [3.05, 3.63) is 36.4 Å². The van der Waals surface area contributed by atoms with E-state index in [1.54, 1.807) is 0 Å². The molecule has 3 saturated heterocycles. The topological polar surface area (TPSA) is 54.5 Å². The van der Waals surface area contributed by atoms with Crippen molar-refractivity contribution in [2.45, 2.75) is 45.3 Å². The van der Waals surface area contributed by atoms with Crippen LogP contribution in [0, 0.1) is 17.3 Å². The fraction of sp³-hybridized carbons (Fsp3) is 0.565. The fourth-order valence-corrected chi connectivity index (χ4v) is 5.35. The number of rotatable bonds is 3. The number of aromatic nitrogens is 1. The van der Waals surface area contributed by atoms with Crippen LogP contribution in [0.25, 0.3) is 10.9 Å². The summed E-state index contributed by atoms with van der Waals surface area (Å²) in [6.07, 6.45) is 2.51. The Hall–Kier alpha value is -2.14. The minimum atomic E-state index is -0.354. The second-order valence-electron chi connectivity index (χ2n) is 9.73. The Balaban J connectivity index is 1.35. The number of pyridine rings is 1. The lowest BCUT2D eigenvalue weighted by Crippen LogP contribution is -2.44. The minimum Gasteiger partial charge on any atom is -0.369 e. The third-order valence-corrected chi connectivity index (χ3v) is 6.87. The number of anilines is 1. The van der Waals surface area contributed by atoms with Crippen molar-refractivity contribution >= 4 is 22.6 Å². The summed E-state index contributed by atoms with van der Waals surface area (Å²) in [7, 11) is 0. The zero-order valence-electron chi connectivity index (χ0n) is 16.9. The molecule has 3 aliphatic heterocycles. The quantitative estimate of drug-likeness (QED) is 0.888. The highest BCUT2D eigenvalue weighted by molar-refractivity contribution is 5.81. The molecule has 2 aromatic rings. The van der Waals surface area contributed by atoms with Gasteiger partial charge in [0.15, 0.2) is 0 Å². The second kappa shape index (κ2) is 6.18. The molecule has 2 bridgehead atoms. The van der Waals surface area contributed by atoms with Crippen molar-refractivity contribution in [2.24, 2.45) is 17.3 Å². The summed E-state index contributed by atoms with van der Waals surface area (Å²) >= 11 is 0. The van der Waals surface area contributed by atoms with Gasteiger partial charge in [-0.25, -0.2) is 4.98 Å².